The van der Waals surface area contributed by atoms with Gasteiger partial charge in [-0.15, -0.1) is 10.2 Å². The smallest absolute Gasteiger partial charge is 0.286 e. The van der Waals surface area contributed by atoms with Crippen LogP contribution in [0.1, 0.15) is 39.3 Å². The van der Waals surface area contributed by atoms with Gasteiger partial charge in [-0.05, 0) is 50.1 Å². The number of rotatable bonds is 5. The molecule has 1 aromatic heterocycles. The molecule has 0 saturated carbocycles. The Bertz CT molecular complexity index is 1180. The Kier molecular flexibility index (Phi) is 5.63. The molecule has 0 aliphatic carbocycles. The normalized spacial score (nSPS) is 17.2. The first-order valence-corrected chi connectivity index (χ1v) is 11.6. The Morgan fingerprint density at radius 3 is 2.70 bits per heavy atom. The maximum Gasteiger partial charge on any atom is 0.286 e. The van der Waals surface area contributed by atoms with Gasteiger partial charge in [0.05, 0.1) is 10.9 Å². The van der Waals surface area contributed by atoms with E-state index in [4.69, 9.17) is 0 Å². The number of halogens is 1. The van der Waals surface area contributed by atoms with Gasteiger partial charge in [0.15, 0.2) is 0 Å². The Hall–Kier alpha value is -2.69. The number of carbonyl (C=O) groups is 1. The summed E-state index contributed by atoms with van der Waals surface area (Å²) in [6.07, 6.45) is 1.30. The summed E-state index contributed by atoms with van der Waals surface area (Å²) >= 11 is 1.05. The first-order chi connectivity index (χ1) is 14.3. The van der Waals surface area contributed by atoms with Gasteiger partial charge in [0.2, 0.25) is 15.0 Å². The molecule has 10 heteroatoms. The highest BCUT2D eigenvalue weighted by Gasteiger charge is 2.38. The number of anilines is 1. The van der Waals surface area contributed by atoms with Crippen molar-refractivity contribution in [3.8, 4) is 0 Å². The quantitative estimate of drug-likeness (QED) is 0.644. The monoisotopic (exact) mass is 446 g/mol. The third kappa shape index (κ3) is 4.11. The molecule has 0 unspecified atom stereocenters. The van der Waals surface area contributed by atoms with Crippen LogP contribution in [-0.2, 0) is 10.0 Å². The number of amides is 1. The lowest BCUT2D eigenvalue weighted by atomic mass is 10.2. The number of aromatic nitrogens is 2. The molecule has 1 saturated heterocycles. The molecule has 1 aliphatic rings. The zero-order valence-corrected chi connectivity index (χ0v) is 17.7. The molecule has 2 aromatic carbocycles. The molecule has 4 rings (SSSR count). The van der Waals surface area contributed by atoms with Gasteiger partial charge in [0, 0.05) is 12.2 Å². The van der Waals surface area contributed by atoms with Crippen LogP contribution in [0.2, 0.25) is 0 Å². The molecule has 0 spiro atoms. The molecule has 3 aromatic rings. The third-order valence-corrected chi connectivity index (χ3v) is 7.78. The first-order valence-electron chi connectivity index (χ1n) is 9.33. The van der Waals surface area contributed by atoms with Gasteiger partial charge in [-0.3, -0.25) is 4.79 Å². The van der Waals surface area contributed by atoms with Crippen molar-refractivity contribution in [3.63, 3.8) is 0 Å². The van der Waals surface area contributed by atoms with Crippen molar-refractivity contribution in [2.24, 2.45) is 0 Å². The molecule has 0 bridgehead atoms. The second-order valence-corrected chi connectivity index (χ2v) is 9.90. The summed E-state index contributed by atoms with van der Waals surface area (Å²) in [5.41, 5.74) is 1.28. The second-order valence-electron chi connectivity index (χ2n) is 7.00. The van der Waals surface area contributed by atoms with Crippen LogP contribution in [-0.4, -0.2) is 35.4 Å². The highest BCUT2D eigenvalue weighted by molar-refractivity contribution is 7.89. The SMILES string of the molecule is Cc1ccc(S(=O)(=O)N2CCC[C@@H]2c2nnc(C(=O)Nc3cccc(F)c3)s2)cc1. The Balaban J connectivity index is 1.54. The summed E-state index contributed by atoms with van der Waals surface area (Å²) in [6.45, 7) is 2.28. The van der Waals surface area contributed by atoms with E-state index in [1.165, 1.54) is 22.5 Å². The summed E-state index contributed by atoms with van der Waals surface area (Å²) in [7, 11) is -3.69. The van der Waals surface area contributed by atoms with Crippen molar-refractivity contribution in [3.05, 3.63) is 69.9 Å². The molecule has 1 fully saturated rings. The van der Waals surface area contributed by atoms with Crippen molar-refractivity contribution in [2.75, 3.05) is 11.9 Å². The van der Waals surface area contributed by atoms with Crippen molar-refractivity contribution in [1.29, 1.82) is 0 Å². The van der Waals surface area contributed by atoms with Crippen molar-refractivity contribution >= 4 is 33.0 Å². The molecule has 1 aliphatic heterocycles. The molecule has 7 nitrogen and oxygen atoms in total. The van der Waals surface area contributed by atoms with E-state index in [-0.39, 0.29) is 9.90 Å². The number of hydrogen-bond acceptors (Lipinski definition) is 6. The molecule has 156 valence electrons. The van der Waals surface area contributed by atoms with Gasteiger partial charge in [-0.1, -0.05) is 35.1 Å². The van der Waals surface area contributed by atoms with E-state index in [1.54, 1.807) is 30.3 Å². The Morgan fingerprint density at radius 1 is 1.20 bits per heavy atom. The lowest BCUT2D eigenvalue weighted by Crippen LogP contribution is -2.30. The Labute approximate surface area is 177 Å². The maximum absolute atomic E-state index is 13.3. The van der Waals surface area contributed by atoms with Gasteiger partial charge < -0.3 is 5.32 Å². The second kappa shape index (κ2) is 8.21. The zero-order valence-electron chi connectivity index (χ0n) is 16.1. The summed E-state index contributed by atoms with van der Waals surface area (Å²) in [6, 6.07) is 11.8. The number of sulfonamides is 1. The van der Waals surface area contributed by atoms with E-state index >= 15 is 0 Å². The summed E-state index contributed by atoms with van der Waals surface area (Å²) in [5, 5.41) is 11.1. The number of nitrogens with one attached hydrogen (secondary N) is 1. The average Bonchev–Trinajstić information content (AvgIpc) is 3.38. The van der Waals surface area contributed by atoms with Crippen molar-refractivity contribution < 1.29 is 17.6 Å². The lowest BCUT2D eigenvalue weighted by Gasteiger charge is -2.22. The number of benzene rings is 2. The fraction of sp³-hybridized carbons (Fsp3) is 0.250. The van der Waals surface area contributed by atoms with E-state index in [1.807, 2.05) is 6.92 Å². The number of hydrogen-bond donors (Lipinski definition) is 1. The van der Waals surface area contributed by atoms with Crippen LogP contribution in [0.25, 0.3) is 0 Å². The number of carbonyl (C=O) groups excluding carboxylic acids is 1. The van der Waals surface area contributed by atoms with Gasteiger partial charge in [-0.25, -0.2) is 12.8 Å². The number of nitrogens with zero attached hydrogens (tertiary/aromatic N) is 3. The molecule has 1 atom stereocenters. The largest absolute Gasteiger partial charge is 0.320 e. The van der Waals surface area contributed by atoms with Crippen LogP contribution in [0, 0.1) is 12.7 Å². The zero-order chi connectivity index (χ0) is 21.3. The molecule has 1 amide bonds. The molecule has 30 heavy (non-hydrogen) atoms. The molecular formula is C20H19FN4O3S2. The van der Waals surface area contributed by atoms with E-state index in [0.717, 1.165) is 16.9 Å². The summed E-state index contributed by atoms with van der Waals surface area (Å²) < 4.78 is 41.0. The fourth-order valence-electron chi connectivity index (χ4n) is 3.33. The van der Waals surface area contributed by atoms with Crippen LogP contribution in [0.15, 0.2) is 53.4 Å². The maximum atomic E-state index is 13.3. The standard InChI is InChI=1S/C20H19FN4O3S2/c1-13-7-9-16(10-8-13)30(27,28)25-11-3-6-17(25)19-23-24-20(29-19)18(26)22-15-5-2-4-14(21)12-15/h2,4-5,7-10,12,17H,3,6,11H2,1H3,(H,22,26)/t17-/m1/s1. The van der Waals surface area contributed by atoms with Gasteiger partial charge in [-0.2, -0.15) is 4.31 Å². The number of aryl methyl sites for hydroxylation is 1. The molecular weight excluding hydrogens is 427 g/mol. The average molecular weight is 447 g/mol. The summed E-state index contributed by atoms with van der Waals surface area (Å²) in [5.74, 6) is -0.982. The van der Waals surface area contributed by atoms with Crippen LogP contribution in [0.3, 0.4) is 0 Å². The summed E-state index contributed by atoms with van der Waals surface area (Å²) in [4.78, 5) is 12.7. The molecule has 0 radical (unpaired) electrons. The minimum absolute atomic E-state index is 0.0915. The van der Waals surface area contributed by atoms with Gasteiger partial charge in [0.1, 0.15) is 10.8 Å². The van der Waals surface area contributed by atoms with Crippen molar-refractivity contribution in [2.45, 2.75) is 30.7 Å². The fourth-order valence-corrected chi connectivity index (χ4v) is 5.95. The lowest BCUT2D eigenvalue weighted by molar-refractivity contribution is 0.102. The van der Waals surface area contributed by atoms with Gasteiger partial charge in [0.25, 0.3) is 5.91 Å². The van der Waals surface area contributed by atoms with Gasteiger partial charge >= 0.3 is 0 Å². The van der Waals surface area contributed by atoms with Crippen molar-refractivity contribution in [1.82, 2.24) is 14.5 Å². The van der Waals surface area contributed by atoms with Crippen LogP contribution < -0.4 is 5.32 Å². The van der Waals surface area contributed by atoms with Crippen LogP contribution in [0.4, 0.5) is 10.1 Å². The minimum atomic E-state index is -3.69. The van der Waals surface area contributed by atoms with E-state index in [9.17, 15) is 17.6 Å². The minimum Gasteiger partial charge on any atom is -0.320 e. The van der Waals surface area contributed by atoms with E-state index < -0.39 is 27.8 Å². The topological polar surface area (TPSA) is 92.3 Å². The Morgan fingerprint density at radius 2 is 1.97 bits per heavy atom. The van der Waals surface area contributed by atoms with E-state index in [0.29, 0.717) is 30.1 Å². The van der Waals surface area contributed by atoms with Crippen LogP contribution >= 0.6 is 11.3 Å². The van der Waals surface area contributed by atoms with Crippen LogP contribution in [0.5, 0.6) is 0 Å². The molecule has 1 N–H and O–H groups in total. The highest BCUT2D eigenvalue weighted by atomic mass is 32.2. The third-order valence-electron chi connectivity index (χ3n) is 4.83. The molecule has 2 heterocycles. The predicted molar refractivity (Wildman–Crippen MR) is 111 cm³/mol. The predicted octanol–water partition coefficient (Wildman–Crippen LogP) is 3.76. The highest BCUT2D eigenvalue weighted by Crippen LogP contribution is 2.37. The first kappa shape index (κ1) is 20.6. The van der Waals surface area contributed by atoms with E-state index in [2.05, 4.69) is 15.5 Å².